The third-order valence-corrected chi connectivity index (χ3v) is 7.79. The molecule has 1 amide bonds. The molecule has 0 radical (unpaired) electrons. The van der Waals surface area contributed by atoms with Crippen LogP contribution in [-0.4, -0.2) is 70.3 Å². The van der Waals surface area contributed by atoms with Gasteiger partial charge in [0.25, 0.3) is 0 Å². The Hall–Kier alpha value is -2.57. The maximum Gasteiger partial charge on any atom is 0.248 e. The van der Waals surface area contributed by atoms with Crippen molar-refractivity contribution in [2.24, 2.45) is 5.73 Å². The van der Waals surface area contributed by atoms with Crippen molar-refractivity contribution < 1.29 is 9.53 Å². The average Bonchev–Trinajstić information content (AvgIpc) is 2.85. The van der Waals surface area contributed by atoms with Gasteiger partial charge in [-0.25, -0.2) is 0 Å². The number of hydrogen-bond donors (Lipinski definition) is 1. The maximum atomic E-state index is 12.4. The summed E-state index contributed by atoms with van der Waals surface area (Å²) in [5.41, 5.74) is 14.6. The lowest BCUT2D eigenvalue weighted by Crippen LogP contribution is -2.45. The van der Waals surface area contributed by atoms with Crippen molar-refractivity contribution in [1.29, 1.82) is 0 Å². The minimum atomic E-state index is -0.326. The third kappa shape index (κ3) is 4.46. The second-order valence-electron chi connectivity index (χ2n) is 9.82. The minimum absolute atomic E-state index is 0.300. The summed E-state index contributed by atoms with van der Waals surface area (Å²) < 4.78 is 5.53. The number of anilines is 2. The average molecular weight is 449 g/mol. The molecule has 6 nitrogen and oxygen atoms in total. The number of aryl methyl sites for hydroxylation is 1. The quantitative estimate of drug-likeness (QED) is 0.779. The second kappa shape index (κ2) is 9.35. The number of primary amides is 1. The fraction of sp³-hybridized carbons (Fsp3) is 0.519. The number of carbonyl (C=O) groups is 1. The third-order valence-electron chi connectivity index (χ3n) is 7.79. The number of nitrogens with zero attached hydrogens (tertiary/aromatic N) is 3. The molecule has 0 unspecified atom stereocenters. The largest absolute Gasteiger partial charge is 0.378 e. The van der Waals surface area contributed by atoms with E-state index >= 15 is 0 Å². The van der Waals surface area contributed by atoms with Crippen LogP contribution in [0.2, 0.25) is 0 Å². The number of rotatable bonds is 4. The van der Waals surface area contributed by atoms with Crippen LogP contribution < -0.4 is 15.5 Å². The van der Waals surface area contributed by atoms with Gasteiger partial charge in [-0.15, -0.1) is 0 Å². The summed E-state index contributed by atoms with van der Waals surface area (Å²) >= 11 is 0. The molecule has 33 heavy (non-hydrogen) atoms. The molecule has 0 bridgehead atoms. The number of ether oxygens (including phenoxy) is 1. The Morgan fingerprint density at radius 2 is 1.73 bits per heavy atom. The number of carbonyl (C=O) groups excluding carboxylic acids is 1. The maximum absolute atomic E-state index is 12.4. The number of amides is 1. The van der Waals surface area contributed by atoms with Gasteiger partial charge in [-0.05, 0) is 85.7 Å². The van der Waals surface area contributed by atoms with Gasteiger partial charge in [0.05, 0.1) is 13.2 Å². The molecule has 2 aliphatic heterocycles. The van der Waals surface area contributed by atoms with Crippen LogP contribution >= 0.6 is 0 Å². The van der Waals surface area contributed by atoms with Crippen LogP contribution in [0.3, 0.4) is 0 Å². The molecular weight excluding hydrogens is 412 g/mol. The van der Waals surface area contributed by atoms with Gasteiger partial charge in [0.15, 0.2) is 0 Å². The van der Waals surface area contributed by atoms with E-state index in [9.17, 15) is 4.79 Å². The Balaban J connectivity index is 1.49. The van der Waals surface area contributed by atoms with Gasteiger partial charge in [-0.3, -0.25) is 4.79 Å². The van der Waals surface area contributed by atoms with E-state index in [1.54, 1.807) is 0 Å². The van der Waals surface area contributed by atoms with Crippen molar-refractivity contribution in [3.63, 3.8) is 0 Å². The lowest BCUT2D eigenvalue weighted by Gasteiger charge is -2.38. The van der Waals surface area contributed by atoms with Crippen LogP contribution in [0.5, 0.6) is 0 Å². The summed E-state index contributed by atoms with van der Waals surface area (Å²) in [7, 11) is 2.20. The molecule has 2 saturated heterocycles. The summed E-state index contributed by atoms with van der Waals surface area (Å²) in [6.45, 7) is 9.82. The van der Waals surface area contributed by atoms with Gasteiger partial charge in [0, 0.05) is 56.2 Å². The summed E-state index contributed by atoms with van der Waals surface area (Å²) in [6, 6.07) is 10.8. The molecule has 5 rings (SSSR count). The number of fused-ring (bicyclic) bond motifs is 1. The fourth-order valence-corrected chi connectivity index (χ4v) is 5.78. The highest BCUT2D eigenvalue weighted by atomic mass is 16.5. The number of nitrogens with two attached hydrogens (primary N) is 1. The Kier molecular flexibility index (Phi) is 6.30. The van der Waals surface area contributed by atoms with E-state index < -0.39 is 0 Å². The number of morpholine rings is 1. The second-order valence-corrected chi connectivity index (χ2v) is 9.82. The zero-order chi connectivity index (χ0) is 22.9. The molecule has 0 spiro atoms. The molecular formula is C27H36N4O2. The fourth-order valence-electron chi connectivity index (χ4n) is 5.78. The Morgan fingerprint density at radius 3 is 2.45 bits per heavy atom. The smallest absolute Gasteiger partial charge is 0.248 e. The molecule has 2 aromatic rings. The lowest BCUT2D eigenvalue weighted by molar-refractivity contribution is 0.0998. The van der Waals surface area contributed by atoms with Crippen LogP contribution in [0, 0.1) is 6.92 Å². The van der Waals surface area contributed by atoms with E-state index in [1.165, 1.54) is 28.1 Å². The van der Waals surface area contributed by atoms with E-state index in [-0.39, 0.29) is 5.91 Å². The number of hydrogen-bond acceptors (Lipinski definition) is 5. The normalized spacial score (nSPS) is 21.7. The molecule has 176 valence electrons. The van der Waals surface area contributed by atoms with Crippen molar-refractivity contribution in [1.82, 2.24) is 4.90 Å². The summed E-state index contributed by atoms with van der Waals surface area (Å²) in [5.74, 6) is -0.0261. The van der Waals surface area contributed by atoms with E-state index in [1.807, 2.05) is 12.1 Å². The summed E-state index contributed by atoms with van der Waals surface area (Å²) in [5, 5.41) is 0. The van der Waals surface area contributed by atoms with Gasteiger partial charge in [-0.2, -0.15) is 0 Å². The van der Waals surface area contributed by atoms with Gasteiger partial charge >= 0.3 is 0 Å². The number of likely N-dealkylation sites (N-methyl/N-ethyl adjacent to an activating group) is 1. The highest BCUT2D eigenvalue weighted by Gasteiger charge is 2.29. The summed E-state index contributed by atoms with van der Waals surface area (Å²) in [6.07, 6.45) is 3.06. The zero-order valence-corrected chi connectivity index (χ0v) is 20.0. The minimum Gasteiger partial charge on any atom is -0.378 e. The number of piperazine rings is 1. The van der Waals surface area contributed by atoms with Crippen molar-refractivity contribution >= 4 is 17.3 Å². The molecule has 2 N–H and O–H groups in total. The van der Waals surface area contributed by atoms with E-state index in [0.29, 0.717) is 11.5 Å². The van der Waals surface area contributed by atoms with Crippen LogP contribution in [-0.2, 0) is 17.6 Å². The van der Waals surface area contributed by atoms with Crippen LogP contribution in [0.15, 0.2) is 30.3 Å². The topological polar surface area (TPSA) is 62.0 Å². The van der Waals surface area contributed by atoms with Crippen molar-refractivity contribution in [2.45, 2.75) is 32.1 Å². The van der Waals surface area contributed by atoms with Gasteiger partial charge in [0.1, 0.15) is 0 Å². The number of benzene rings is 2. The predicted octanol–water partition coefficient (Wildman–Crippen LogP) is 2.95. The predicted molar refractivity (Wildman–Crippen MR) is 134 cm³/mol. The molecule has 1 aliphatic carbocycles. The van der Waals surface area contributed by atoms with Gasteiger partial charge in [-0.1, -0.05) is 6.07 Å². The lowest BCUT2D eigenvalue weighted by atomic mass is 9.76. The molecule has 2 aromatic carbocycles. The molecule has 6 heteroatoms. The molecule has 2 fully saturated rings. The first kappa shape index (κ1) is 22.2. The van der Waals surface area contributed by atoms with Crippen LogP contribution in [0.25, 0.3) is 0 Å². The van der Waals surface area contributed by atoms with E-state index in [4.69, 9.17) is 10.5 Å². The Labute approximate surface area is 197 Å². The van der Waals surface area contributed by atoms with Gasteiger partial charge in [0.2, 0.25) is 5.91 Å². The molecule has 2 heterocycles. The molecule has 0 aromatic heterocycles. The Morgan fingerprint density at radius 1 is 0.970 bits per heavy atom. The molecule has 1 atom stereocenters. The highest BCUT2D eigenvalue weighted by molar-refractivity contribution is 5.95. The standard InChI is InChI=1S/C27H36N4O2/c1-19-3-8-26(31-11-9-29(2)10-12-31)25-17-20(4-6-22(19)25)24-18-21(5-7-23(24)27(28)32)30-13-15-33-16-14-30/h3,5,7-8,18,20H,4,6,9-17H2,1-2H3,(H2,28,32)/t20-/m1/s1. The van der Waals surface area contributed by atoms with Crippen LogP contribution in [0.4, 0.5) is 11.4 Å². The first-order chi connectivity index (χ1) is 16.0. The zero-order valence-electron chi connectivity index (χ0n) is 20.0. The molecule has 3 aliphatic rings. The highest BCUT2D eigenvalue weighted by Crippen LogP contribution is 2.41. The summed E-state index contributed by atoms with van der Waals surface area (Å²) in [4.78, 5) is 19.7. The monoisotopic (exact) mass is 448 g/mol. The van der Waals surface area contributed by atoms with E-state index in [0.717, 1.165) is 77.3 Å². The van der Waals surface area contributed by atoms with Crippen LogP contribution in [0.1, 0.15) is 45.0 Å². The van der Waals surface area contributed by atoms with Crippen molar-refractivity contribution in [3.8, 4) is 0 Å². The SMILES string of the molecule is Cc1ccc(N2CCN(C)CC2)c2c1CC[C@@H](c1cc(N3CCOCC3)ccc1C(N)=O)C2. The first-order valence-electron chi connectivity index (χ1n) is 12.3. The van der Waals surface area contributed by atoms with Crippen molar-refractivity contribution in [2.75, 3.05) is 69.3 Å². The first-order valence-corrected chi connectivity index (χ1v) is 12.3. The van der Waals surface area contributed by atoms with Gasteiger partial charge < -0.3 is 25.2 Å². The Bertz CT molecular complexity index is 1020. The van der Waals surface area contributed by atoms with Crippen molar-refractivity contribution in [3.05, 3.63) is 58.1 Å². The molecule has 0 saturated carbocycles. The van der Waals surface area contributed by atoms with E-state index in [2.05, 4.69) is 46.9 Å².